The minimum atomic E-state index is -0.511. The van der Waals surface area contributed by atoms with Gasteiger partial charge in [0, 0.05) is 26.2 Å². The lowest BCUT2D eigenvalue weighted by molar-refractivity contribution is 0.143. The average Bonchev–Trinajstić information content (AvgIpc) is 2.50. The van der Waals surface area contributed by atoms with Crippen molar-refractivity contribution < 1.29 is 10.2 Å². The van der Waals surface area contributed by atoms with Gasteiger partial charge in [0.1, 0.15) is 5.75 Å². The number of aromatic hydroxyl groups is 1. The molecule has 20 heavy (non-hydrogen) atoms. The first-order valence-corrected chi connectivity index (χ1v) is 7.03. The third-order valence-electron chi connectivity index (χ3n) is 4.06. The molecule has 106 valence electrons. The monoisotopic (exact) mass is 272 g/mol. The summed E-state index contributed by atoms with van der Waals surface area (Å²) >= 11 is 0. The van der Waals surface area contributed by atoms with Crippen LogP contribution in [0.5, 0.6) is 5.75 Å². The average molecular weight is 272 g/mol. The highest BCUT2D eigenvalue weighted by molar-refractivity contribution is 5.41. The Morgan fingerprint density at radius 1 is 1.05 bits per heavy atom. The fraction of sp³-hybridized carbons (Fsp3) is 0.375. The Balaban J connectivity index is 2.01. The van der Waals surface area contributed by atoms with Crippen molar-refractivity contribution in [2.24, 2.45) is 0 Å². The summed E-state index contributed by atoms with van der Waals surface area (Å²) in [6.07, 6.45) is 7.28. The number of phenols is 1. The second kappa shape index (κ2) is 5.40. The molecule has 0 saturated carbocycles. The molecule has 1 aliphatic carbocycles. The maximum absolute atomic E-state index is 9.69. The van der Waals surface area contributed by atoms with Crippen molar-refractivity contribution in [3.63, 3.8) is 0 Å². The normalized spacial score (nSPS) is 30.6. The van der Waals surface area contributed by atoms with E-state index in [-0.39, 0.29) is 11.3 Å². The first-order valence-electron chi connectivity index (χ1n) is 7.03. The molecule has 0 unspecified atom stereocenters. The highest BCUT2D eigenvalue weighted by Crippen LogP contribution is 2.35. The summed E-state index contributed by atoms with van der Waals surface area (Å²) in [6.45, 7) is 3.82. The molecule has 1 aliphatic heterocycles. The molecule has 0 spiro atoms. The van der Waals surface area contributed by atoms with E-state index in [2.05, 4.69) is 22.4 Å². The van der Waals surface area contributed by atoms with Crippen molar-refractivity contribution in [2.45, 2.75) is 11.6 Å². The topological polar surface area (TPSA) is 55.7 Å². The predicted molar refractivity (Wildman–Crippen MR) is 78.5 cm³/mol. The van der Waals surface area contributed by atoms with Gasteiger partial charge in [-0.2, -0.15) is 0 Å². The third kappa shape index (κ3) is 2.38. The Kier molecular flexibility index (Phi) is 3.61. The van der Waals surface area contributed by atoms with Crippen LogP contribution in [0.2, 0.25) is 0 Å². The summed E-state index contributed by atoms with van der Waals surface area (Å²) in [7, 11) is 0. The van der Waals surface area contributed by atoms with E-state index in [9.17, 15) is 10.2 Å². The van der Waals surface area contributed by atoms with Gasteiger partial charge in [-0.3, -0.25) is 4.90 Å². The molecule has 4 nitrogen and oxygen atoms in total. The van der Waals surface area contributed by atoms with Gasteiger partial charge in [0.05, 0.1) is 11.6 Å². The van der Waals surface area contributed by atoms with Crippen LogP contribution in [0.15, 0.2) is 48.6 Å². The number of hydrogen-bond acceptors (Lipinski definition) is 4. The molecule has 1 fully saturated rings. The van der Waals surface area contributed by atoms with Crippen molar-refractivity contribution >= 4 is 0 Å². The minimum Gasteiger partial charge on any atom is -0.508 e. The van der Waals surface area contributed by atoms with Gasteiger partial charge >= 0.3 is 0 Å². The number of phenolic OH excluding ortho intramolecular Hbond substituents is 1. The Hall–Kier alpha value is -1.62. The molecule has 3 rings (SSSR count). The molecule has 0 aromatic heterocycles. The van der Waals surface area contributed by atoms with Crippen molar-refractivity contribution in [3.05, 3.63) is 54.1 Å². The van der Waals surface area contributed by atoms with Crippen LogP contribution in [0.3, 0.4) is 0 Å². The zero-order valence-electron chi connectivity index (χ0n) is 11.4. The van der Waals surface area contributed by atoms with Gasteiger partial charge in [0.2, 0.25) is 0 Å². The van der Waals surface area contributed by atoms with Crippen LogP contribution < -0.4 is 5.32 Å². The lowest BCUT2D eigenvalue weighted by atomic mass is 9.83. The van der Waals surface area contributed by atoms with Crippen molar-refractivity contribution in [1.29, 1.82) is 0 Å². The zero-order valence-corrected chi connectivity index (χ0v) is 11.4. The summed E-state index contributed by atoms with van der Waals surface area (Å²) in [4.78, 5) is 2.40. The van der Waals surface area contributed by atoms with Crippen LogP contribution in [0.25, 0.3) is 0 Å². The van der Waals surface area contributed by atoms with Crippen molar-refractivity contribution in [3.8, 4) is 5.75 Å². The van der Waals surface area contributed by atoms with E-state index >= 15 is 0 Å². The lowest BCUT2D eigenvalue weighted by Crippen LogP contribution is -2.53. The van der Waals surface area contributed by atoms with Crippen LogP contribution in [0.1, 0.15) is 5.56 Å². The standard InChI is InChI=1S/C16H20N2O2/c19-14-3-1-13(2-4-14)16(7-5-15(20)6-8-16)18-11-9-17-10-12-18/h1-8,15,17,19-20H,9-12H2. The van der Waals surface area contributed by atoms with Crippen LogP contribution in [0.4, 0.5) is 0 Å². The molecule has 4 heteroatoms. The number of aliphatic hydroxyl groups excluding tert-OH is 1. The fourth-order valence-electron chi connectivity index (χ4n) is 2.96. The molecule has 1 saturated heterocycles. The lowest BCUT2D eigenvalue weighted by Gasteiger charge is -2.44. The molecule has 0 atom stereocenters. The summed E-state index contributed by atoms with van der Waals surface area (Å²) in [5, 5.41) is 22.5. The zero-order chi connectivity index (χ0) is 14.0. The van der Waals surface area contributed by atoms with Gasteiger partial charge in [-0.05, 0) is 17.7 Å². The third-order valence-corrected chi connectivity index (χ3v) is 4.06. The van der Waals surface area contributed by atoms with Crippen LogP contribution >= 0.6 is 0 Å². The molecular weight excluding hydrogens is 252 g/mol. The molecular formula is C16H20N2O2. The number of piperazine rings is 1. The van der Waals surface area contributed by atoms with E-state index in [0.29, 0.717) is 0 Å². The summed E-state index contributed by atoms with van der Waals surface area (Å²) in [5.74, 6) is 0.271. The highest BCUT2D eigenvalue weighted by atomic mass is 16.3. The summed E-state index contributed by atoms with van der Waals surface area (Å²) in [6, 6.07) is 7.32. The maximum Gasteiger partial charge on any atom is 0.115 e. The number of hydrogen-bond donors (Lipinski definition) is 3. The van der Waals surface area contributed by atoms with E-state index in [1.165, 1.54) is 0 Å². The first kappa shape index (κ1) is 13.4. The maximum atomic E-state index is 9.69. The Morgan fingerprint density at radius 3 is 2.25 bits per heavy atom. The number of rotatable bonds is 2. The number of aliphatic hydroxyl groups is 1. The quantitative estimate of drug-likeness (QED) is 0.703. The van der Waals surface area contributed by atoms with E-state index in [1.54, 1.807) is 12.1 Å². The van der Waals surface area contributed by atoms with Crippen molar-refractivity contribution in [2.75, 3.05) is 26.2 Å². The summed E-state index contributed by atoms with van der Waals surface area (Å²) < 4.78 is 0. The molecule has 1 aromatic rings. The first-order chi connectivity index (χ1) is 9.71. The van der Waals surface area contributed by atoms with E-state index < -0.39 is 6.10 Å². The largest absolute Gasteiger partial charge is 0.508 e. The molecule has 0 bridgehead atoms. The van der Waals surface area contributed by atoms with Crippen LogP contribution in [0, 0.1) is 0 Å². The van der Waals surface area contributed by atoms with Crippen LogP contribution in [-0.2, 0) is 5.54 Å². The predicted octanol–water partition coefficient (Wildman–Crippen LogP) is 0.980. The number of benzene rings is 1. The molecule has 0 amide bonds. The van der Waals surface area contributed by atoms with E-state index in [4.69, 9.17) is 0 Å². The Labute approximate surface area is 119 Å². The van der Waals surface area contributed by atoms with Crippen LogP contribution in [-0.4, -0.2) is 47.4 Å². The smallest absolute Gasteiger partial charge is 0.115 e. The van der Waals surface area contributed by atoms with Gasteiger partial charge in [-0.15, -0.1) is 0 Å². The molecule has 1 heterocycles. The number of nitrogens with one attached hydrogen (secondary N) is 1. The second-order valence-corrected chi connectivity index (χ2v) is 5.32. The molecule has 0 radical (unpaired) electrons. The Morgan fingerprint density at radius 2 is 1.65 bits per heavy atom. The Bertz CT molecular complexity index is 502. The van der Waals surface area contributed by atoms with Gasteiger partial charge in [0.15, 0.2) is 0 Å². The van der Waals surface area contributed by atoms with Gasteiger partial charge < -0.3 is 15.5 Å². The van der Waals surface area contributed by atoms with Crippen molar-refractivity contribution in [1.82, 2.24) is 10.2 Å². The second-order valence-electron chi connectivity index (χ2n) is 5.32. The highest BCUT2D eigenvalue weighted by Gasteiger charge is 2.36. The van der Waals surface area contributed by atoms with E-state index in [0.717, 1.165) is 31.7 Å². The number of nitrogens with zero attached hydrogens (tertiary/aromatic N) is 1. The molecule has 3 N–H and O–H groups in total. The molecule has 1 aromatic carbocycles. The van der Waals surface area contributed by atoms with Gasteiger partial charge in [-0.25, -0.2) is 0 Å². The fourth-order valence-corrected chi connectivity index (χ4v) is 2.96. The van der Waals surface area contributed by atoms with E-state index in [1.807, 2.05) is 24.3 Å². The van der Waals surface area contributed by atoms with Gasteiger partial charge in [-0.1, -0.05) is 36.4 Å². The molecule has 2 aliphatic rings. The summed E-state index contributed by atoms with van der Waals surface area (Å²) in [5.41, 5.74) is 0.784. The minimum absolute atomic E-state index is 0.271. The van der Waals surface area contributed by atoms with Gasteiger partial charge in [0.25, 0.3) is 0 Å². The SMILES string of the molecule is Oc1ccc(C2(N3CCNCC3)C=CC(O)C=C2)cc1.